The van der Waals surface area contributed by atoms with Crippen molar-refractivity contribution < 1.29 is 129 Å². The number of allylic oxidation sites excluding steroid dienone is 2. The Morgan fingerprint density at radius 3 is 1.76 bits per heavy atom. The normalized spacial score (nSPS) is 53.0. The highest BCUT2D eigenvalue weighted by molar-refractivity contribution is 5.21. The predicted octanol–water partition coefficient (Wildman–Crippen LogP) is -3.10. The van der Waals surface area contributed by atoms with Gasteiger partial charge >= 0.3 is 0 Å². The van der Waals surface area contributed by atoms with Crippen LogP contribution in [0.1, 0.15) is 113 Å². The number of rotatable bonds is 17. The van der Waals surface area contributed by atoms with Crippen molar-refractivity contribution >= 4 is 0 Å². The number of aliphatic hydroxyl groups is 16. The van der Waals surface area contributed by atoms with Gasteiger partial charge in [0.25, 0.3) is 0 Å². The molecule has 0 aromatic carbocycles. The quantitative estimate of drug-likeness (QED) is 0.0507. The molecule has 5 saturated heterocycles. The summed E-state index contributed by atoms with van der Waals surface area (Å²) in [6, 6.07) is 0. The lowest BCUT2D eigenvalue weighted by molar-refractivity contribution is -0.378. The Morgan fingerprint density at radius 2 is 1.11 bits per heavy atom. The van der Waals surface area contributed by atoms with Gasteiger partial charge in [0.15, 0.2) is 31.5 Å². The van der Waals surface area contributed by atoms with Crippen LogP contribution in [-0.2, 0) is 47.4 Å². The summed E-state index contributed by atoms with van der Waals surface area (Å²) in [5.41, 5.74) is -1.68. The van der Waals surface area contributed by atoms with Gasteiger partial charge in [-0.15, -0.1) is 0 Å². The third-order valence-electron chi connectivity index (χ3n) is 22.2. The lowest BCUT2D eigenvalue weighted by atomic mass is 9.35. The highest BCUT2D eigenvalue weighted by atomic mass is 16.8. The van der Waals surface area contributed by atoms with E-state index >= 15 is 0 Å². The molecule has 486 valence electrons. The minimum absolute atomic E-state index is 0.0238. The Hall–Kier alpha value is -1.30. The molecular weight excluding hydrogens is 1110 g/mol. The second-order valence-corrected chi connectivity index (χ2v) is 27.7. The summed E-state index contributed by atoms with van der Waals surface area (Å²) < 4.78 is 60.3. The second kappa shape index (κ2) is 25.8. The van der Waals surface area contributed by atoms with Gasteiger partial charge in [-0.05, 0) is 124 Å². The largest absolute Gasteiger partial charge is 0.394 e. The van der Waals surface area contributed by atoms with E-state index in [2.05, 4.69) is 40.7 Å². The Kier molecular flexibility index (Phi) is 20.6. The van der Waals surface area contributed by atoms with E-state index in [1.165, 1.54) is 0 Å². The van der Waals surface area contributed by atoms with E-state index in [1.807, 2.05) is 20.8 Å². The fourth-order valence-corrected chi connectivity index (χ4v) is 17.2. The zero-order chi connectivity index (χ0) is 61.5. The van der Waals surface area contributed by atoms with Crippen molar-refractivity contribution in [2.45, 2.75) is 272 Å². The van der Waals surface area contributed by atoms with Crippen LogP contribution < -0.4 is 0 Å². The lowest BCUT2D eigenvalue weighted by Gasteiger charge is -2.71. The first kappa shape index (κ1) is 67.1. The average molecular weight is 1210 g/mol. The number of fused-ring (bicyclic) bond motifs is 5. The monoisotopic (exact) mass is 1210 g/mol. The molecular formula is C58H98O26. The van der Waals surface area contributed by atoms with Gasteiger partial charge in [0.1, 0.15) is 110 Å². The minimum atomic E-state index is -1.82. The summed E-state index contributed by atoms with van der Waals surface area (Å²) in [4.78, 5) is 0. The highest BCUT2D eigenvalue weighted by Gasteiger charge is 2.72. The van der Waals surface area contributed by atoms with Crippen LogP contribution in [0.25, 0.3) is 0 Å². The molecule has 0 spiro atoms. The van der Waals surface area contributed by atoms with Crippen molar-refractivity contribution in [2.24, 2.45) is 45.3 Å². The molecule has 26 nitrogen and oxygen atoms in total. The summed E-state index contributed by atoms with van der Waals surface area (Å²) in [7, 11) is 0. The molecule has 5 aliphatic heterocycles. The third kappa shape index (κ3) is 12.0. The van der Waals surface area contributed by atoms with E-state index in [9.17, 15) is 81.7 Å². The van der Waals surface area contributed by atoms with Gasteiger partial charge < -0.3 is 129 Å². The molecule has 33 atom stereocenters. The fourth-order valence-electron chi connectivity index (χ4n) is 17.2. The molecule has 16 N–H and O–H groups in total. The van der Waals surface area contributed by atoms with Crippen molar-refractivity contribution in [1.82, 2.24) is 0 Å². The maximum absolute atomic E-state index is 12.9. The van der Waals surface area contributed by atoms with Crippen LogP contribution in [0.2, 0.25) is 0 Å². The van der Waals surface area contributed by atoms with Crippen LogP contribution in [0, 0.1) is 45.3 Å². The van der Waals surface area contributed by atoms with Crippen LogP contribution in [-0.4, -0.2) is 274 Å². The molecule has 9 fully saturated rings. The fraction of sp³-hybridized carbons (Fsp3) is 0.966. The molecule has 0 bridgehead atoms. The van der Waals surface area contributed by atoms with E-state index in [0.29, 0.717) is 38.5 Å². The molecule has 84 heavy (non-hydrogen) atoms. The average Bonchev–Trinajstić information content (AvgIpc) is 1.25. The van der Waals surface area contributed by atoms with E-state index in [-0.39, 0.29) is 47.7 Å². The van der Waals surface area contributed by atoms with Crippen LogP contribution in [0.15, 0.2) is 11.6 Å². The maximum Gasteiger partial charge on any atom is 0.187 e. The summed E-state index contributed by atoms with van der Waals surface area (Å²) in [5.74, 6) is -0.533. The summed E-state index contributed by atoms with van der Waals surface area (Å²) >= 11 is 0. The highest BCUT2D eigenvalue weighted by Crippen LogP contribution is 2.76. The minimum Gasteiger partial charge on any atom is -0.394 e. The van der Waals surface area contributed by atoms with Gasteiger partial charge in [-0.2, -0.15) is 0 Å². The Bertz CT molecular complexity index is 2210. The number of hydrogen-bond acceptors (Lipinski definition) is 26. The van der Waals surface area contributed by atoms with E-state index < -0.39 is 190 Å². The summed E-state index contributed by atoms with van der Waals surface area (Å²) in [5, 5.41) is 174. The van der Waals surface area contributed by atoms with Crippen molar-refractivity contribution in [2.75, 3.05) is 33.0 Å². The molecule has 11 unspecified atom stereocenters. The number of aliphatic hydroxyl groups excluding tert-OH is 16. The van der Waals surface area contributed by atoms with E-state index in [0.717, 1.165) is 24.8 Å². The zero-order valence-electron chi connectivity index (χ0n) is 49.5. The smallest absolute Gasteiger partial charge is 0.187 e. The first-order valence-corrected chi connectivity index (χ1v) is 30.2. The first-order valence-electron chi connectivity index (χ1n) is 30.2. The molecule has 0 amide bonds. The van der Waals surface area contributed by atoms with Gasteiger partial charge in [0, 0.05) is 0 Å². The number of ether oxygens (including phenoxy) is 10. The van der Waals surface area contributed by atoms with E-state index in [1.54, 1.807) is 0 Å². The van der Waals surface area contributed by atoms with Crippen molar-refractivity contribution in [3.63, 3.8) is 0 Å². The Morgan fingerprint density at radius 1 is 0.536 bits per heavy atom. The third-order valence-corrected chi connectivity index (χ3v) is 22.2. The molecule has 4 saturated carbocycles. The van der Waals surface area contributed by atoms with Crippen LogP contribution in [0.5, 0.6) is 0 Å². The topological polar surface area (TPSA) is 416 Å². The molecule has 0 aromatic rings. The zero-order valence-corrected chi connectivity index (χ0v) is 49.5. The van der Waals surface area contributed by atoms with Crippen LogP contribution in [0.3, 0.4) is 0 Å². The standard InChI is InChI=1S/C58H98O26/c1-24(2)10-9-14-58(8,84-52-47(74)42(69)39(66)30(81-52)22-76-49-45(72)40(67)31(23-77-49)80-50-44(71)36(63)27(62)21-75-50)25-11-16-57(7)35(25)26(61)18-33-55(5)15-13-34(54(3,4)32(55)12-17-56(33,57)6)82-53-48(43(70)38(65)29(20-60)79-53)83-51-46(73)41(68)37(64)28(19-59)78-51/h10,25-53,59-74H,9,11-23H2,1-8H3/t25?,26?,27-,28-,29-,30-,31+,32?,33?,34?,35?,36+,37-,38-,39-,40-,41-,42-,43+,44-,45-,46-,47-,48-,49-,50?,51+,52+,53+,55?,56?,57?,58?/m1/s1. The second-order valence-electron chi connectivity index (χ2n) is 27.7. The summed E-state index contributed by atoms with van der Waals surface area (Å²) in [6.07, 6.45) is -29.8. The molecule has 0 aromatic heterocycles. The number of hydrogen-bond donors (Lipinski definition) is 16. The molecule has 9 rings (SSSR count). The van der Waals surface area contributed by atoms with Crippen LogP contribution >= 0.6 is 0 Å². The lowest BCUT2D eigenvalue weighted by Crippen LogP contribution is -2.68. The van der Waals surface area contributed by atoms with Crippen molar-refractivity contribution in [3.8, 4) is 0 Å². The Labute approximate surface area is 490 Å². The van der Waals surface area contributed by atoms with E-state index in [4.69, 9.17) is 47.4 Å². The maximum atomic E-state index is 12.9. The molecule has 5 heterocycles. The van der Waals surface area contributed by atoms with Gasteiger partial charge in [0.2, 0.25) is 0 Å². The van der Waals surface area contributed by atoms with Crippen molar-refractivity contribution in [3.05, 3.63) is 11.6 Å². The molecule has 0 radical (unpaired) electrons. The van der Waals surface area contributed by atoms with Crippen molar-refractivity contribution in [1.29, 1.82) is 0 Å². The van der Waals surface area contributed by atoms with Gasteiger partial charge in [-0.3, -0.25) is 0 Å². The summed E-state index contributed by atoms with van der Waals surface area (Å²) in [6.45, 7) is 14.5. The van der Waals surface area contributed by atoms with Gasteiger partial charge in [-0.25, -0.2) is 0 Å². The Balaban J connectivity index is 0.895. The van der Waals surface area contributed by atoms with Gasteiger partial charge in [0.05, 0.1) is 50.8 Å². The molecule has 9 aliphatic rings. The van der Waals surface area contributed by atoms with Gasteiger partial charge in [-0.1, -0.05) is 46.3 Å². The predicted molar refractivity (Wildman–Crippen MR) is 287 cm³/mol. The molecule has 26 heteroatoms. The van der Waals surface area contributed by atoms with Crippen LogP contribution in [0.4, 0.5) is 0 Å². The molecule has 4 aliphatic carbocycles. The first-order chi connectivity index (χ1) is 39.4. The SMILES string of the molecule is CC(C)=CCCC(C)(O[C@@H]1O[C@H](CO[C@@H]2OC[C@H](OC3OC[C@@H](O)[C@H](O)[C@H]3O)[C@@H](O)[C@H]2O)[C@@H](O)[C@@H](O)[C@H]1O)C1CCC2(C)C1C(O)CC1C3(C)CCC(O[C@@H]4O[C@H](CO)[C@@H](O)[C@H](O)[C@H]4O[C@@H]4O[C@H](CO)[C@@H](O)[C@@H](O)[C@H]4O)C(C)(C)C3CCC12C.